The molecule has 0 aliphatic heterocycles. The normalized spacial score (nSPS) is 10.4. The number of amides is 1. The number of benzene rings is 2. The van der Waals surface area contributed by atoms with Crippen LogP contribution in [0.3, 0.4) is 0 Å². The Labute approximate surface area is 164 Å². The summed E-state index contributed by atoms with van der Waals surface area (Å²) in [6, 6.07) is 8.21. The number of hydrogen-bond donors (Lipinski definition) is 1. The third-order valence-electron chi connectivity index (χ3n) is 3.27. The molecule has 2 aromatic carbocycles. The molecule has 0 heterocycles. The second-order valence-electron chi connectivity index (χ2n) is 5.23. The van der Waals surface area contributed by atoms with Gasteiger partial charge in [-0.3, -0.25) is 9.59 Å². The van der Waals surface area contributed by atoms with Crippen LogP contribution in [0.1, 0.15) is 6.42 Å². The molecule has 2 aromatic rings. The number of rotatable bonds is 8. The number of nitrogens with one attached hydrogen (secondary N) is 1. The summed E-state index contributed by atoms with van der Waals surface area (Å²) < 4.78 is 35.9. The van der Waals surface area contributed by atoms with Crippen molar-refractivity contribution in [2.24, 2.45) is 0 Å². The van der Waals surface area contributed by atoms with Crippen LogP contribution >= 0.6 is 23.4 Å². The highest BCUT2D eigenvalue weighted by atomic mass is 35.5. The van der Waals surface area contributed by atoms with Crippen LogP contribution < -0.4 is 10.1 Å². The molecule has 0 atom stereocenters. The molecule has 1 N–H and O–H groups in total. The van der Waals surface area contributed by atoms with E-state index in [1.54, 1.807) is 12.1 Å². The first-order valence-electron chi connectivity index (χ1n) is 7.76. The van der Waals surface area contributed by atoms with Crippen LogP contribution in [0, 0.1) is 11.6 Å². The molecule has 0 aromatic heterocycles. The number of ether oxygens (including phenoxy) is 2. The number of thioether (sulfide) groups is 1. The predicted octanol–water partition coefficient (Wildman–Crippen LogP) is 4.29. The number of carbonyl (C=O) groups excluding carboxylic acids is 2. The molecule has 27 heavy (non-hydrogen) atoms. The smallest absolute Gasteiger partial charge is 0.307 e. The van der Waals surface area contributed by atoms with Gasteiger partial charge in [-0.05, 0) is 36.4 Å². The van der Waals surface area contributed by atoms with Gasteiger partial charge >= 0.3 is 5.97 Å². The Bertz CT molecular complexity index is 835. The first-order valence-corrected chi connectivity index (χ1v) is 9.12. The van der Waals surface area contributed by atoms with Crippen molar-refractivity contribution in [3.05, 3.63) is 53.1 Å². The van der Waals surface area contributed by atoms with Crippen molar-refractivity contribution in [1.29, 1.82) is 0 Å². The molecule has 5 nitrogen and oxygen atoms in total. The molecule has 0 aliphatic rings. The van der Waals surface area contributed by atoms with Crippen molar-refractivity contribution < 1.29 is 27.8 Å². The standard InChI is InChI=1S/C18H16ClF2NO4S/c1-25-16-5-2-11(19)8-15(16)22-17(23)10-26-18(24)6-7-27-12-3-4-13(20)14(21)9-12/h2-5,8-9H,6-7,10H2,1H3,(H,22,23). The molecule has 0 radical (unpaired) electrons. The highest BCUT2D eigenvalue weighted by Crippen LogP contribution is 2.27. The Balaban J connectivity index is 1.74. The summed E-state index contributed by atoms with van der Waals surface area (Å²) in [4.78, 5) is 24.1. The molecule has 144 valence electrons. The van der Waals surface area contributed by atoms with Crippen LogP contribution in [0.4, 0.5) is 14.5 Å². The van der Waals surface area contributed by atoms with E-state index in [9.17, 15) is 18.4 Å². The molecule has 0 bridgehead atoms. The molecular weight excluding hydrogens is 400 g/mol. The van der Waals surface area contributed by atoms with Gasteiger partial charge in [0.05, 0.1) is 19.2 Å². The van der Waals surface area contributed by atoms with Gasteiger partial charge in [0.2, 0.25) is 0 Å². The van der Waals surface area contributed by atoms with E-state index < -0.39 is 30.1 Å². The fraction of sp³-hybridized carbons (Fsp3) is 0.222. The number of esters is 1. The average Bonchev–Trinajstić information content (AvgIpc) is 2.63. The van der Waals surface area contributed by atoms with Gasteiger partial charge < -0.3 is 14.8 Å². The topological polar surface area (TPSA) is 64.6 Å². The Kier molecular flexibility index (Phi) is 7.87. The molecule has 2 rings (SSSR count). The van der Waals surface area contributed by atoms with Crippen molar-refractivity contribution >= 4 is 40.9 Å². The lowest BCUT2D eigenvalue weighted by Gasteiger charge is -2.10. The van der Waals surface area contributed by atoms with Crippen LogP contribution in [0.15, 0.2) is 41.3 Å². The summed E-state index contributed by atoms with van der Waals surface area (Å²) in [6.07, 6.45) is 0.0113. The van der Waals surface area contributed by atoms with Gasteiger partial charge in [-0.2, -0.15) is 0 Å². The van der Waals surface area contributed by atoms with Crippen molar-refractivity contribution in [3.8, 4) is 5.75 Å². The highest BCUT2D eigenvalue weighted by Gasteiger charge is 2.11. The highest BCUT2D eigenvalue weighted by molar-refractivity contribution is 7.99. The van der Waals surface area contributed by atoms with E-state index in [1.807, 2.05) is 0 Å². The number of halogens is 3. The predicted molar refractivity (Wildman–Crippen MR) is 99.3 cm³/mol. The zero-order valence-electron chi connectivity index (χ0n) is 14.3. The SMILES string of the molecule is COc1ccc(Cl)cc1NC(=O)COC(=O)CCSc1ccc(F)c(F)c1. The fourth-order valence-electron chi connectivity index (χ4n) is 2.00. The second kappa shape index (κ2) is 10.1. The van der Waals surface area contributed by atoms with Crippen molar-refractivity contribution in [2.45, 2.75) is 11.3 Å². The lowest BCUT2D eigenvalue weighted by atomic mass is 10.3. The largest absolute Gasteiger partial charge is 0.495 e. The van der Waals surface area contributed by atoms with Crippen LogP contribution in [-0.4, -0.2) is 31.3 Å². The summed E-state index contributed by atoms with van der Waals surface area (Å²) in [6.45, 7) is -0.468. The van der Waals surface area contributed by atoms with Gasteiger partial charge in [0.1, 0.15) is 5.75 Å². The minimum atomic E-state index is -0.948. The molecule has 9 heteroatoms. The Morgan fingerprint density at radius 1 is 1.15 bits per heavy atom. The number of anilines is 1. The number of carbonyl (C=O) groups is 2. The van der Waals surface area contributed by atoms with Crippen LogP contribution in [0.2, 0.25) is 5.02 Å². The summed E-state index contributed by atoms with van der Waals surface area (Å²) in [5, 5.41) is 2.96. The molecule has 0 aliphatic carbocycles. The van der Waals surface area contributed by atoms with Crippen LogP contribution in [0.25, 0.3) is 0 Å². The molecule has 0 fully saturated rings. The van der Waals surface area contributed by atoms with Gasteiger partial charge in [0, 0.05) is 15.7 Å². The maximum Gasteiger partial charge on any atom is 0.307 e. The monoisotopic (exact) mass is 415 g/mol. The molecule has 0 spiro atoms. The maximum atomic E-state index is 13.1. The summed E-state index contributed by atoms with van der Waals surface area (Å²) in [7, 11) is 1.45. The molecule has 0 saturated heterocycles. The van der Waals surface area contributed by atoms with Gasteiger partial charge in [0.15, 0.2) is 18.2 Å². The van der Waals surface area contributed by atoms with E-state index in [2.05, 4.69) is 5.32 Å². The van der Waals surface area contributed by atoms with E-state index in [0.29, 0.717) is 27.1 Å². The Hall–Kier alpha value is -2.32. The van der Waals surface area contributed by atoms with Crippen molar-refractivity contribution in [2.75, 3.05) is 24.8 Å². The zero-order valence-corrected chi connectivity index (χ0v) is 15.8. The molecule has 1 amide bonds. The minimum absolute atomic E-state index is 0.0113. The Morgan fingerprint density at radius 2 is 1.93 bits per heavy atom. The van der Waals surface area contributed by atoms with Crippen LogP contribution in [-0.2, 0) is 14.3 Å². The van der Waals surface area contributed by atoms with E-state index >= 15 is 0 Å². The van der Waals surface area contributed by atoms with E-state index in [4.69, 9.17) is 21.1 Å². The number of hydrogen-bond acceptors (Lipinski definition) is 5. The third kappa shape index (κ3) is 6.73. The van der Waals surface area contributed by atoms with E-state index in [-0.39, 0.29) is 6.42 Å². The zero-order chi connectivity index (χ0) is 19.8. The summed E-state index contributed by atoms with van der Waals surface area (Å²) in [5.41, 5.74) is 0.361. The molecule has 0 saturated carbocycles. The van der Waals surface area contributed by atoms with Gasteiger partial charge in [0.25, 0.3) is 5.91 Å². The second-order valence-corrected chi connectivity index (χ2v) is 6.83. The quantitative estimate of drug-likeness (QED) is 0.514. The third-order valence-corrected chi connectivity index (χ3v) is 4.50. The molecule has 0 unspecified atom stereocenters. The van der Waals surface area contributed by atoms with Crippen LogP contribution in [0.5, 0.6) is 5.75 Å². The molecular formula is C18H16ClF2NO4S. The lowest BCUT2D eigenvalue weighted by molar-refractivity contribution is -0.146. The fourth-order valence-corrected chi connectivity index (χ4v) is 3.03. The summed E-state index contributed by atoms with van der Waals surface area (Å²) >= 11 is 7.05. The number of methoxy groups -OCH3 is 1. The first-order chi connectivity index (χ1) is 12.9. The average molecular weight is 416 g/mol. The van der Waals surface area contributed by atoms with Gasteiger partial charge in [-0.1, -0.05) is 11.6 Å². The Morgan fingerprint density at radius 3 is 2.63 bits per heavy atom. The van der Waals surface area contributed by atoms with Gasteiger partial charge in [-0.15, -0.1) is 11.8 Å². The lowest BCUT2D eigenvalue weighted by Crippen LogP contribution is -2.21. The maximum absolute atomic E-state index is 13.1. The van der Waals surface area contributed by atoms with E-state index in [0.717, 1.165) is 12.1 Å². The van der Waals surface area contributed by atoms with E-state index in [1.165, 1.54) is 31.0 Å². The first kappa shape index (κ1) is 21.0. The van der Waals surface area contributed by atoms with Crippen molar-refractivity contribution in [1.82, 2.24) is 0 Å². The van der Waals surface area contributed by atoms with Crippen molar-refractivity contribution in [3.63, 3.8) is 0 Å². The summed E-state index contributed by atoms with van der Waals surface area (Å²) in [5.74, 6) is -2.29. The van der Waals surface area contributed by atoms with Gasteiger partial charge in [-0.25, -0.2) is 8.78 Å². The minimum Gasteiger partial charge on any atom is -0.495 e.